The van der Waals surface area contributed by atoms with Crippen LogP contribution >= 0.6 is 27.5 Å². The van der Waals surface area contributed by atoms with Crippen molar-refractivity contribution in [3.8, 4) is 0 Å². The van der Waals surface area contributed by atoms with Crippen molar-refractivity contribution in [2.45, 2.75) is 57.7 Å². The van der Waals surface area contributed by atoms with Gasteiger partial charge in [0, 0.05) is 22.1 Å². The van der Waals surface area contributed by atoms with E-state index in [1.807, 2.05) is 0 Å². The highest BCUT2D eigenvalue weighted by atomic mass is 79.9. The molecular weight excluding hydrogens is 554 g/mol. The number of rotatable bonds is 9. The smallest absolute Gasteiger partial charge is 0.244 e. The van der Waals surface area contributed by atoms with E-state index < -0.39 is 28.5 Å². The summed E-state index contributed by atoms with van der Waals surface area (Å²) in [5.74, 6) is -0.718. The number of nitrogens with one attached hydrogen (secondary N) is 1. The van der Waals surface area contributed by atoms with E-state index in [0.717, 1.165) is 41.8 Å². The zero-order valence-corrected chi connectivity index (χ0v) is 23.1. The Morgan fingerprint density at radius 3 is 2.37 bits per heavy atom. The lowest BCUT2D eigenvalue weighted by Gasteiger charge is -2.33. The second-order valence-corrected chi connectivity index (χ2v) is 12.2. The van der Waals surface area contributed by atoms with E-state index in [2.05, 4.69) is 21.2 Å². The summed E-state index contributed by atoms with van der Waals surface area (Å²) in [7, 11) is -3.76. The molecule has 0 aliphatic heterocycles. The van der Waals surface area contributed by atoms with Gasteiger partial charge >= 0.3 is 0 Å². The molecule has 1 N–H and O–H groups in total. The lowest BCUT2D eigenvalue weighted by molar-refractivity contribution is -0.139. The van der Waals surface area contributed by atoms with Crippen LogP contribution in [0.15, 0.2) is 53.0 Å². The van der Waals surface area contributed by atoms with Gasteiger partial charge in [-0.1, -0.05) is 65.0 Å². The van der Waals surface area contributed by atoms with Crippen LogP contribution in [0.4, 0.5) is 5.69 Å². The molecule has 2 amide bonds. The maximum absolute atomic E-state index is 13.6. The third-order valence-corrected chi connectivity index (χ3v) is 8.05. The average Bonchev–Trinajstić information content (AvgIpc) is 2.81. The molecule has 190 valence electrons. The number of hydrogen-bond acceptors (Lipinski definition) is 4. The Morgan fingerprint density at radius 2 is 1.77 bits per heavy atom. The van der Waals surface area contributed by atoms with Crippen LogP contribution in [0.3, 0.4) is 0 Å². The molecular formula is C25H31BrClN3O4S. The van der Waals surface area contributed by atoms with Crippen molar-refractivity contribution >= 4 is 55.1 Å². The molecule has 0 aromatic heterocycles. The van der Waals surface area contributed by atoms with Crippen LogP contribution in [-0.4, -0.2) is 50.0 Å². The molecule has 3 rings (SSSR count). The van der Waals surface area contributed by atoms with Gasteiger partial charge in [0.15, 0.2) is 0 Å². The molecule has 1 saturated carbocycles. The molecule has 0 radical (unpaired) electrons. The molecule has 0 saturated heterocycles. The monoisotopic (exact) mass is 583 g/mol. The van der Waals surface area contributed by atoms with Gasteiger partial charge < -0.3 is 10.2 Å². The molecule has 1 aliphatic rings. The highest BCUT2D eigenvalue weighted by Gasteiger charge is 2.31. The van der Waals surface area contributed by atoms with Crippen molar-refractivity contribution in [3.05, 3.63) is 63.6 Å². The SMILES string of the molecule is CC(C(=O)NC1CCCCC1)N(Cc1ccc(Cl)cc1)C(=O)CN(c1cccc(Br)c1)S(C)(=O)=O. The molecule has 1 atom stereocenters. The van der Waals surface area contributed by atoms with E-state index in [0.29, 0.717) is 15.2 Å². The Hall–Kier alpha value is -2.10. The van der Waals surface area contributed by atoms with Gasteiger partial charge in [-0.05, 0) is 55.7 Å². The lowest BCUT2D eigenvalue weighted by atomic mass is 9.95. The van der Waals surface area contributed by atoms with Crippen LogP contribution < -0.4 is 9.62 Å². The first-order chi connectivity index (χ1) is 16.5. The molecule has 2 aromatic carbocycles. The fourth-order valence-electron chi connectivity index (χ4n) is 4.18. The van der Waals surface area contributed by atoms with Crippen LogP contribution in [0.1, 0.15) is 44.6 Å². The minimum Gasteiger partial charge on any atom is -0.352 e. The van der Waals surface area contributed by atoms with Crippen molar-refractivity contribution in [1.82, 2.24) is 10.2 Å². The minimum absolute atomic E-state index is 0.0976. The summed E-state index contributed by atoms with van der Waals surface area (Å²) < 4.78 is 27.0. The van der Waals surface area contributed by atoms with Crippen LogP contribution in [0.25, 0.3) is 0 Å². The van der Waals surface area contributed by atoms with Crippen LogP contribution in [-0.2, 0) is 26.2 Å². The highest BCUT2D eigenvalue weighted by molar-refractivity contribution is 9.10. The van der Waals surface area contributed by atoms with Crippen molar-refractivity contribution in [1.29, 1.82) is 0 Å². The topological polar surface area (TPSA) is 86.8 Å². The molecule has 10 heteroatoms. The van der Waals surface area contributed by atoms with Crippen LogP contribution in [0.2, 0.25) is 5.02 Å². The predicted octanol–water partition coefficient (Wildman–Crippen LogP) is 4.73. The van der Waals surface area contributed by atoms with Crippen molar-refractivity contribution in [2.75, 3.05) is 17.1 Å². The van der Waals surface area contributed by atoms with Gasteiger partial charge in [0.25, 0.3) is 0 Å². The van der Waals surface area contributed by atoms with E-state index in [1.54, 1.807) is 55.5 Å². The number of hydrogen-bond donors (Lipinski definition) is 1. The zero-order valence-electron chi connectivity index (χ0n) is 19.9. The molecule has 0 heterocycles. The number of carbonyl (C=O) groups is 2. The highest BCUT2D eigenvalue weighted by Crippen LogP contribution is 2.23. The fourth-order valence-corrected chi connectivity index (χ4v) is 5.54. The Bertz CT molecular complexity index is 1140. The Morgan fingerprint density at radius 1 is 1.11 bits per heavy atom. The summed E-state index contributed by atoms with van der Waals surface area (Å²) in [6.07, 6.45) is 6.22. The summed E-state index contributed by atoms with van der Waals surface area (Å²) in [4.78, 5) is 28.1. The first kappa shape index (κ1) is 27.5. The largest absolute Gasteiger partial charge is 0.352 e. The molecule has 0 bridgehead atoms. The summed E-state index contributed by atoms with van der Waals surface area (Å²) in [5.41, 5.74) is 1.15. The first-order valence-electron chi connectivity index (χ1n) is 11.6. The number of amides is 2. The number of sulfonamides is 1. The minimum atomic E-state index is -3.76. The number of halogens is 2. The van der Waals surface area contributed by atoms with Gasteiger partial charge in [0.05, 0.1) is 11.9 Å². The van der Waals surface area contributed by atoms with Gasteiger partial charge in [-0.3, -0.25) is 13.9 Å². The molecule has 1 aliphatic carbocycles. The van der Waals surface area contributed by atoms with Crippen molar-refractivity contribution < 1.29 is 18.0 Å². The van der Waals surface area contributed by atoms with Crippen LogP contribution in [0.5, 0.6) is 0 Å². The van der Waals surface area contributed by atoms with E-state index in [-0.39, 0.29) is 18.5 Å². The van der Waals surface area contributed by atoms with Crippen molar-refractivity contribution in [2.24, 2.45) is 0 Å². The molecule has 1 unspecified atom stereocenters. The molecule has 0 spiro atoms. The fraction of sp³-hybridized carbons (Fsp3) is 0.440. The molecule has 2 aromatic rings. The average molecular weight is 585 g/mol. The zero-order chi connectivity index (χ0) is 25.6. The van der Waals surface area contributed by atoms with E-state index in [9.17, 15) is 18.0 Å². The quantitative estimate of drug-likeness (QED) is 0.462. The van der Waals surface area contributed by atoms with Gasteiger partial charge in [0.1, 0.15) is 12.6 Å². The summed E-state index contributed by atoms with van der Waals surface area (Å²) in [5, 5.41) is 3.64. The number of benzene rings is 2. The first-order valence-corrected chi connectivity index (χ1v) is 14.6. The standard InChI is InChI=1S/C25H31BrClN3O4S/c1-18(25(32)28-22-8-4-3-5-9-22)29(16-19-11-13-21(27)14-12-19)24(31)17-30(35(2,33)34)23-10-6-7-20(26)15-23/h6-7,10-15,18,22H,3-5,8-9,16-17H2,1-2H3,(H,28,32). The van der Waals surface area contributed by atoms with Gasteiger partial charge in [-0.15, -0.1) is 0 Å². The summed E-state index contributed by atoms with van der Waals surface area (Å²) >= 11 is 9.36. The molecule has 7 nitrogen and oxygen atoms in total. The Kier molecular flexibility index (Phi) is 9.61. The molecule has 35 heavy (non-hydrogen) atoms. The maximum Gasteiger partial charge on any atom is 0.244 e. The summed E-state index contributed by atoms with van der Waals surface area (Å²) in [6.45, 7) is 1.39. The third-order valence-electron chi connectivity index (χ3n) is 6.16. The number of carbonyl (C=O) groups excluding carboxylic acids is 2. The van der Waals surface area contributed by atoms with Gasteiger partial charge in [-0.2, -0.15) is 0 Å². The van der Waals surface area contributed by atoms with E-state index >= 15 is 0 Å². The molecule has 1 fully saturated rings. The maximum atomic E-state index is 13.6. The van der Waals surface area contributed by atoms with Gasteiger partial charge in [0.2, 0.25) is 21.8 Å². The second-order valence-electron chi connectivity index (χ2n) is 8.92. The third kappa shape index (κ3) is 7.95. The Balaban J connectivity index is 1.86. The van der Waals surface area contributed by atoms with Gasteiger partial charge in [-0.25, -0.2) is 8.42 Å². The van der Waals surface area contributed by atoms with Crippen molar-refractivity contribution in [3.63, 3.8) is 0 Å². The second kappa shape index (κ2) is 12.2. The van der Waals surface area contributed by atoms with Crippen LogP contribution in [0, 0.1) is 0 Å². The summed E-state index contributed by atoms with van der Waals surface area (Å²) in [6, 6.07) is 13.1. The van der Waals surface area contributed by atoms with E-state index in [4.69, 9.17) is 11.6 Å². The normalized spacial score (nSPS) is 15.3. The Labute approximate surface area is 221 Å². The predicted molar refractivity (Wildman–Crippen MR) is 143 cm³/mol. The van der Waals surface area contributed by atoms with E-state index in [1.165, 1.54) is 11.3 Å². The number of anilines is 1. The lowest BCUT2D eigenvalue weighted by Crippen LogP contribution is -2.52. The number of nitrogens with zero attached hydrogens (tertiary/aromatic N) is 2.